The summed E-state index contributed by atoms with van der Waals surface area (Å²) in [5, 5.41) is 9.95. The van der Waals surface area contributed by atoms with Crippen molar-refractivity contribution in [3.8, 4) is 5.75 Å². The number of aromatic carboxylic acids is 1. The molecule has 2 N–H and O–H groups in total. The number of ether oxygens (including phenoxy) is 1. The number of carboxylic acids is 1. The van der Waals surface area contributed by atoms with Crippen molar-refractivity contribution < 1.29 is 14.6 Å². The van der Waals surface area contributed by atoms with E-state index in [2.05, 4.69) is 9.97 Å². The van der Waals surface area contributed by atoms with Gasteiger partial charge in [0.05, 0.1) is 23.6 Å². The van der Waals surface area contributed by atoms with Crippen LogP contribution in [0.4, 0.5) is 0 Å². The number of carbonyl (C=O) groups is 1. The van der Waals surface area contributed by atoms with E-state index in [0.29, 0.717) is 33.9 Å². The van der Waals surface area contributed by atoms with Crippen LogP contribution >= 0.6 is 11.6 Å². The molecule has 122 valence electrons. The number of benzene rings is 2. The number of hydrogen-bond donors (Lipinski definition) is 2. The van der Waals surface area contributed by atoms with Gasteiger partial charge in [0, 0.05) is 17.0 Å². The molecule has 2 aromatic carbocycles. The zero-order valence-electron chi connectivity index (χ0n) is 12.7. The minimum Gasteiger partial charge on any atom is -0.496 e. The lowest BCUT2D eigenvalue weighted by Crippen LogP contribution is -2.13. The number of aromatic amines is 1. The highest BCUT2D eigenvalue weighted by Gasteiger charge is 2.11. The quantitative estimate of drug-likeness (QED) is 0.759. The molecule has 0 bridgehead atoms. The summed E-state index contributed by atoms with van der Waals surface area (Å²) in [6.07, 6.45) is 0.298. The molecule has 0 aliphatic rings. The number of carboxylic acid groups (broad SMARTS) is 1. The summed E-state index contributed by atoms with van der Waals surface area (Å²) >= 11 is 6.01. The highest BCUT2D eigenvalue weighted by atomic mass is 35.5. The van der Waals surface area contributed by atoms with Crippen molar-refractivity contribution in [3.05, 3.63) is 68.7 Å². The maximum Gasteiger partial charge on any atom is 0.335 e. The lowest BCUT2D eigenvalue weighted by Gasteiger charge is -2.09. The van der Waals surface area contributed by atoms with Crippen LogP contribution in [0, 0.1) is 0 Å². The smallest absolute Gasteiger partial charge is 0.335 e. The van der Waals surface area contributed by atoms with Gasteiger partial charge in [0.2, 0.25) is 0 Å². The van der Waals surface area contributed by atoms with E-state index >= 15 is 0 Å². The molecule has 3 rings (SSSR count). The predicted molar refractivity (Wildman–Crippen MR) is 90.1 cm³/mol. The molecule has 0 unspecified atom stereocenters. The van der Waals surface area contributed by atoms with Crippen LogP contribution in [-0.4, -0.2) is 28.2 Å². The van der Waals surface area contributed by atoms with Crippen LogP contribution in [0.25, 0.3) is 10.9 Å². The van der Waals surface area contributed by atoms with E-state index in [0.717, 1.165) is 5.56 Å². The third-order valence-electron chi connectivity index (χ3n) is 3.60. The van der Waals surface area contributed by atoms with Gasteiger partial charge in [0.25, 0.3) is 5.56 Å². The summed E-state index contributed by atoms with van der Waals surface area (Å²) in [7, 11) is 1.54. The van der Waals surface area contributed by atoms with Crippen LogP contribution in [0.15, 0.2) is 41.2 Å². The fourth-order valence-electron chi connectivity index (χ4n) is 2.47. The molecule has 0 atom stereocenters. The SMILES string of the molecule is COc1ccc(Cl)cc1Cc1nc2cc(C(=O)O)ccc2c(=O)[nH]1. The molecule has 0 saturated carbocycles. The van der Waals surface area contributed by atoms with E-state index in [4.69, 9.17) is 21.4 Å². The molecule has 7 heteroatoms. The molecule has 0 amide bonds. The van der Waals surface area contributed by atoms with Crippen molar-refractivity contribution in [2.45, 2.75) is 6.42 Å². The minimum absolute atomic E-state index is 0.0758. The average Bonchev–Trinajstić information content (AvgIpc) is 2.54. The van der Waals surface area contributed by atoms with E-state index in [-0.39, 0.29) is 11.1 Å². The first-order valence-corrected chi connectivity index (χ1v) is 7.44. The summed E-state index contributed by atoms with van der Waals surface area (Å²) in [6.45, 7) is 0. The number of halogens is 1. The second kappa shape index (κ2) is 6.33. The van der Waals surface area contributed by atoms with Gasteiger partial charge in [-0.15, -0.1) is 0 Å². The number of methoxy groups -OCH3 is 1. The molecule has 0 radical (unpaired) electrons. The van der Waals surface area contributed by atoms with E-state index < -0.39 is 5.97 Å². The fourth-order valence-corrected chi connectivity index (χ4v) is 2.67. The van der Waals surface area contributed by atoms with E-state index in [1.165, 1.54) is 18.2 Å². The topological polar surface area (TPSA) is 92.3 Å². The Morgan fingerprint density at radius 3 is 2.79 bits per heavy atom. The molecule has 6 nitrogen and oxygen atoms in total. The van der Waals surface area contributed by atoms with Gasteiger partial charge in [-0.25, -0.2) is 9.78 Å². The predicted octanol–water partition coefficient (Wildman–Crippen LogP) is 2.87. The number of nitrogens with one attached hydrogen (secondary N) is 1. The normalized spacial score (nSPS) is 10.8. The number of hydrogen-bond acceptors (Lipinski definition) is 4. The number of fused-ring (bicyclic) bond motifs is 1. The van der Waals surface area contributed by atoms with E-state index in [9.17, 15) is 9.59 Å². The van der Waals surface area contributed by atoms with E-state index in [1.54, 1.807) is 25.3 Å². The van der Waals surface area contributed by atoms with Crippen LogP contribution in [0.1, 0.15) is 21.7 Å². The molecule has 24 heavy (non-hydrogen) atoms. The lowest BCUT2D eigenvalue weighted by atomic mass is 10.1. The minimum atomic E-state index is -1.07. The van der Waals surface area contributed by atoms with Gasteiger partial charge in [0.1, 0.15) is 11.6 Å². The van der Waals surface area contributed by atoms with Gasteiger partial charge < -0.3 is 14.8 Å². The van der Waals surface area contributed by atoms with Crippen molar-refractivity contribution in [2.24, 2.45) is 0 Å². The fraction of sp³-hybridized carbons (Fsp3) is 0.118. The molecule has 0 aliphatic heterocycles. The van der Waals surface area contributed by atoms with Crippen LogP contribution in [0.2, 0.25) is 5.02 Å². The Bertz CT molecular complexity index is 998. The van der Waals surface area contributed by atoms with Gasteiger partial charge in [-0.3, -0.25) is 4.79 Å². The molecule has 0 aliphatic carbocycles. The molecular weight excluding hydrogens is 332 g/mol. The third-order valence-corrected chi connectivity index (χ3v) is 3.84. The summed E-state index contributed by atoms with van der Waals surface area (Å²) in [6, 6.07) is 9.39. The standard InChI is InChI=1S/C17H13ClN2O4/c1-24-14-5-3-11(18)6-10(14)8-15-19-13-7-9(17(22)23)2-4-12(13)16(21)20-15/h2-7H,8H2,1H3,(H,22,23)(H,19,20,21). The molecule has 3 aromatic rings. The van der Waals surface area contributed by atoms with E-state index in [1.807, 2.05) is 0 Å². The van der Waals surface area contributed by atoms with Crippen molar-refractivity contribution in [3.63, 3.8) is 0 Å². The monoisotopic (exact) mass is 344 g/mol. The van der Waals surface area contributed by atoms with Crippen LogP contribution < -0.4 is 10.3 Å². The summed E-state index contributed by atoms with van der Waals surface area (Å²) in [5.41, 5.74) is 0.844. The molecule has 0 spiro atoms. The number of nitrogens with zero attached hydrogens (tertiary/aromatic N) is 1. The maximum atomic E-state index is 12.2. The molecule has 1 aromatic heterocycles. The van der Waals surface area contributed by atoms with Crippen molar-refractivity contribution in [1.82, 2.24) is 9.97 Å². The summed E-state index contributed by atoms with van der Waals surface area (Å²) in [5.74, 6) is -0.0471. The summed E-state index contributed by atoms with van der Waals surface area (Å²) in [4.78, 5) is 30.3. The Morgan fingerprint density at radius 1 is 1.29 bits per heavy atom. The Labute approximate surface area is 141 Å². The van der Waals surface area contributed by atoms with Gasteiger partial charge >= 0.3 is 5.97 Å². The van der Waals surface area contributed by atoms with Crippen LogP contribution in [0.3, 0.4) is 0 Å². The van der Waals surface area contributed by atoms with Crippen molar-refractivity contribution in [1.29, 1.82) is 0 Å². The second-order valence-corrected chi connectivity index (χ2v) is 5.62. The first-order valence-electron chi connectivity index (χ1n) is 7.06. The zero-order chi connectivity index (χ0) is 17.3. The highest BCUT2D eigenvalue weighted by Crippen LogP contribution is 2.24. The molecule has 1 heterocycles. The Kier molecular flexibility index (Phi) is 4.22. The first kappa shape index (κ1) is 16.0. The third kappa shape index (κ3) is 3.09. The lowest BCUT2D eigenvalue weighted by molar-refractivity contribution is 0.0697. The Balaban J connectivity index is 2.09. The zero-order valence-corrected chi connectivity index (χ0v) is 13.4. The molecular formula is C17H13ClN2O4. The van der Waals surface area contributed by atoms with Crippen molar-refractivity contribution in [2.75, 3.05) is 7.11 Å². The van der Waals surface area contributed by atoms with Gasteiger partial charge in [0.15, 0.2) is 0 Å². The van der Waals surface area contributed by atoms with Gasteiger partial charge in [-0.1, -0.05) is 11.6 Å². The summed E-state index contributed by atoms with van der Waals surface area (Å²) < 4.78 is 5.28. The average molecular weight is 345 g/mol. The Morgan fingerprint density at radius 2 is 2.08 bits per heavy atom. The molecule has 0 fully saturated rings. The largest absolute Gasteiger partial charge is 0.496 e. The van der Waals surface area contributed by atoms with Crippen LogP contribution in [-0.2, 0) is 6.42 Å². The number of rotatable bonds is 4. The number of aromatic nitrogens is 2. The van der Waals surface area contributed by atoms with Gasteiger partial charge in [-0.05, 0) is 36.4 Å². The first-order chi connectivity index (χ1) is 11.5. The van der Waals surface area contributed by atoms with Crippen LogP contribution in [0.5, 0.6) is 5.75 Å². The van der Waals surface area contributed by atoms with Crippen molar-refractivity contribution >= 4 is 28.5 Å². The highest BCUT2D eigenvalue weighted by molar-refractivity contribution is 6.30. The molecule has 0 saturated heterocycles. The second-order valence-electron chi connectivity index (χ2n) is 5.18. The van der Waals surface area contributed by atoms with Gasteiger partial charge in [-0.2, -0.15) is 0 Å². The number of H-pyrrole nitrogens is 1. The Hall–Kier alpha value is -2.86. The maximum absolute atomic E-state index is 12.2.